The van der Waals surface area contributed by atoms with Crippen LogP contribution in [0.15, 0.2) is 24.3 Å². The van der Waals surface area contributed by atoms with E-state index in [4.69, 9.17) is 10.5 Å². The summed E-state index contributed by atoms with van der Waals surface area (Å²) in [6, 6.07) is 6.09. The van der Waals surface area contributed by atoms with E-state index in [1.807, 2.05) is 6.92 Å². The zero-order valence-corrected chi connectivity index (χ0v) is 11.9. The van der Waals surface area contributed by atoms with Gasteiger partial charge in [0.2, 0.25) is 0 Å². The lowest BCUT2D eigenvalue weighted by Crippen LogP contribution is -2.43. The third-order valence-electron chi connectivity index (χ3n) is 3.24. The number of benzene rings is 1. The molecule has 0 aliphatic rings. The van der Waals surface area contributed by atoms with Crippen molar-refractivity contribution >= 4 is 0 Å². The van der Waals surface area contributed by atoms with Gasteiger partial charge in [-0.3, -0.25) is 4.90 Å². The minimum atomic E-state index is -4.26. The van der Waals surface area contributed by atoms with E-state index in [-0.39, 0.29) is 0 Å². The maximum Gasteiger partial charge on any atom is 0.401 e. The van der Waals surface area contributed by atoms with Crippen molar-refractivity contribution in [3.05, 3.63) is 29.8 Å². The molecule has 20 heavy (non-hydrogen) atoms. The van der Waals surface area contributed by atoms with E-state index in [0.717, 1.165) is 0 Å². The average molecular weight is 290 g/mol. The average Bonchev–Trinajstić information content (AvgIpc) is 2.37. The summed E-state index contributed by atoms with van der Waals surface area (Å²) in [5, 5.41) is 0. The van der Waals surface area contributed by atoms with Crippen molar-refractivity contribution in [1.29, 1.82) is 0 Å². The quantitative estimate of drug-likeness (QED) is 0.875. The van der Waals surface area contributed by atoms with Crippen LogP contribution >= 0.6 is 0 Å². The smallest absolute Gasteiger partial charge is 0.401 e. The monoisotopic (exact) mass is 290 g/mol. The van der Waals surface area contributed by atoms with Crippen molar-refractivity contribution in [3.63, 3.8) is 0 Å². The molecule has 0 aromatic heterocycles. The Bertz CT molecular complexity index is 423. The number of nitrogens with two attached hydrogens (primary N) is 1. The number of rotatable bonds is 6. The summed E-state index contributed by atoms with van der Waals surface area (Å²) < 4.78 is 43.1. The molecule has 0 aliphatic heterocycles. The highest BCUT2D eigenvalue weighted by molar-refractivity contribution is 5.36. The summed E-state index contributed by atoms with van der Waals surface area (Å²) in [4.78, 5) is 1.23. The van der Waals surface area contributed by atoms with Crippen LogP contribution in [0.1, 0.15) is 24.9 Å². The van der Waals surface area contributed by atoms with E-state index >= 15 is 0 Å². The van der Waals surface area contributed by atoms with E-state index in [1.165, 1.54) is 19.1 Å². The molecule has 0 saturated carbocycles. The fourth-order valence-electron chi connectivity index (χ4n) is 2.31. The third kappa shape index (κ3) is 4.38. The van der Waals surface area contributed by atoms with Crippen molar-refractivity contribution in [2.75, 3.05) is 20.7 Å². The van der Waals surface area contributed by atoms with Gasteiger partial charge < -0.3 is 10.5 Å². The van der Waals surface area contributed by atoms with Crippen LogP contribution in [-0.4, -0.2) is 37.8 Å². The lowest BCUT2D eigenvalue weighted by atomic mass is 9.95. The van der Waals surface area contributed by atoms with E-state index in [1.54, 1.807) is 24.3 Å². The molecule has 2 atom stereocenters. The Kier molecular flexibility index (Phi) is 5.83. The largest absolute Gasteiger partial charge is 0.496 e. The Balaban J connectivity index is 3.12. The van der Waals surface area contributed by atoms with Gasteiger partial charge in [-0.25, -0.2) is 0 Å². The second kappa shape index (κ2) is 6.95. The number of nitrogens with zero attached hydrogens (tertiary/aromatic N) is 1. The van der Waals surface area contributed by atoms with Gasteiger partial charge in [0.25, 0.3) is 0 Å². The minimum Gasteiger partial charge on any atom is -0.496 e. The SMILES string of the molecule is CCC(N)C(c1ccccc1OC)N(C)CC(F)(F)F. The molecule has 0 amide bonds. The number of hydrogen-bond donors (Lipinski definition) is 1. The fraction of sp³-hybridized carbons (Fsp3) is 0.571. The second-order valence-corrected chi connectivity index (χ2v) is 4.79. The Hall–Kier alpha value is -1.27. The molecule has 0 saturated heterocycles. The molecule has 6 heteroatoms. The summed E-state index contributed by atoms with van der Waals surface area (Å²) in [5.74, 6) is 0.551. The van der Waals surface area contributed by atoms with Gasteiger partial charge in [0.05, 0.1) is 19.7 Å². The normalized spacial score (nSPS) is 15.2. The molecule has 1 aromatic carbocycles. The molecule has 1 aromatic rings. The van der Waals surface area contributed by atoms with Crippen LogP contribution in [0, 0.1) is 0 Å². The Morgan fingerprint density at radius 2 is 1.90 bits per heavy atom. The van der Waals surface area contributed by atoms with Gasteiger partial charge in [0.15, 0.2) is 0 Å². The summed E-state index contributed by atoms with van der Waals surface area (Å²) >= 11 is 0. The highest BCUT2D eigenvalue weighted by atomic mass is 19.4. The Morgan fingerprint density at radius 3 is 2.40 bits per heavy atom. The van der Waals surface area contributed by atoms with Gasteiger partial charge in [0.1, 0.15) is 5.75 Å². The fourth-order valence-corrected chi connectivity index (χ4v) is 2.31. The molecule has 0 aliphatic carbocycles. The molecular formula is C14H21F3N2O. The zero-order chi connectivity index (χ0) is 15.3. The molecule has 0 fully saturated rings. The molecule has 114 valence electrons. The van der Waals surface area contributed by atoms with Crippen LogP contribution < -0.4 is 10.5 Å². The topological polar surface area (TPSA) is 38.5 Å². The summed E-state index contributed by atoms with van der Waals surface area (Å²) in [7, 11) is 2.93. The molecule has 1 rings (SSSR count). The van der Waals surface area contributed by atoms with Crippen LogP contribution in [0.2, 0.25) is 0 Å². The summed E-state index contributed by atoms with van der Waals surface area (Å²) in [6.45, 7) is 0.845. The number of methoxy groups -OCH3 is 1. The molecule has 0 heterocycles. The lowest BCUT2D eigenvalue weighted by molar-refractivity contribution is -0.148. The maximum atomic E-state index is 12.6. The van der Waals surface area contributed by atoms with Gasteiger partial charge >= 0.3 is 6.18 Å². The molecule has 2 N–H and O–H groups in total. The van der Waals surface area contributed by atoms with E-state index in [9.17, 15) is 13.2 Å². The number of para-hydroxylation sites is 1. The highest BCUT2D eigenvalue weighted by Gasteiger charge is 2.35. The van der Waals surface area contributed by atoms with Gasteiger partial charge in [-0.05, 0) is 19.5 Å². The van der Waals surface area contributed by atoms with Crippen LogP contribution in [-0.2, 0) is 0 Å². The van der Waals surface area contributed by atoms with Gasteiger partial charge in [0, 0.05) is 11.6 Å². The van der Waals surface area contributed by atoms with Crippen molar-refractivity contribution < 1.29 is 17.9 Å². The van der Waals surface area contributed by atoms with E-state index in [2.05, 4.69) is 0 Å². The zero-order valence-electron chi connectivity index (χ0n) is 11.9. The first-order valence-electron chi connectivity index (χ1n) is 6.45. The predicted octanol–water partition coefficient (Wildman–Crippen LogP) is 2.97. The van der Waals surface area contributed by atoms with Crippen molar-refractivity contribution in [1.82, 2.24) is 4.90 Å². The Labute approximate surface area is 117 Å². The van der Waals surface area contributed by atoms with Crippen LogP contribution in [0.4, 0.5) is 13.2 Å². The molecule has 2 unspecified atom stereocenters. The minimum absolute atomic E-state index is 0.404. The number of halogens is 3. The Morgan fingerprint density at radius 1 is 1.30 bits per heavy atom. The lowest BCUT2D eigenvalue weighted by Gasteiger charge is -2.34. The number of alkyl halides is 3. The standard InChI is InChI=1S/C14H21F3N2O/c1-4-11(18)13(19(2)9-14(15,16)17)10-7-5-6-8-12(10)20-3/h5-8,11,13H,4,9,18H2,1-3H3. The number of ether oxygens (including phenoxy) is 1. The van der Waals surface area contributed by atoms with Crippen molar-refractivity contribution in [2.24, 2.45) is 5.73 Å². The van der Waals surface area contributed by atoms with Crippen molar-refractivity contribution in [3.8, 4) is 5.75 Å². The second-order valence-electron chi connectivity index (χ2n) is 4.79. The van der Waals surface area contributed by atoms with Gasteiger partial charge in [-0.1, -0.05) is 25.1 Å². The molecule has 3 nitrogen and oxygen atoms in total. The molecular weight excluding hydrogens is 269 g/mol. The molecule has 0 radical (unpaired) electrons. The van der Waals surface area contributed by atoms with E-state index in [0.29, 0.717) is 17.7 Å². The van der Waals surface area contributed by atoms with Crippen LogP contribution in [0.3, 0.4) is 0 Å². The first kappa shape index (κ1) is 16.8. The van der Waals surface area contributed by atoms with Gasteiger partial charge in [-0.2, -0.15) is 13.2 Å². The number of hydrogen-bond acceptors (Lipinski definition) is 3. The van der Waals surface area contributed by atoms with Crippen LogP contribution in [0.25, 0.3) is 0 Å². The predicted molar refractivity (Wildman–Crippen MR) is 72.7 cm³/mol. The third-order valence-corrected chi connectivity index (χ3v) is 3.24. The molecule has 0 spiro atoms. The van der Waals surface area contributed by atoms with E-state index < -0.39 is 24.8 Å². The molecule has 0 bridgehead atoms. The van der Waals surface area contributed by atoms with Crippen LogP contribution in [0.5, 0.6) is 5.75 Å². The summed E-state index contributed by atoms with van der Waals surface area (Å²) in [5.41, 5.74) is 6.70. The maximum absolute atomic E-state index is 12.6. The first-order chi connectivity index (χ1) is 9.30. The van der Waals surface area contributed by atoms with Gasteiger partial charge in [-0.15, -0.1) is 0 Å². The number of likely N-dealkylation sites (N-methyl/N-ethyl adjacent to an activating group) is 1. The first-order valence-corrected chi connectivity index (χ1v) is 6.45. The van der Waals surface area contributed by atoms with Crippen molar-refractivity contribution in [2.45, 2.75) is 31.6 Å². The highest BCUT2D eigenvalue weighted by Crippen LogP contribution is 2.33. The summed E-state index contributed by atoms with van der Waals surface area (Å²) in [6.07, 6.45) is -3.69.